The first-order valence-corrected chi connectivity index (χ1v) is 18.2. The lowest BCUT2D eigenvalue weighted by Crippen LogP contribution is -2.66. The zero-order valence-corrected chi connectivity index (χ0v) is 30.3. The molecule has 0 aromatic carbocycles. The Morgan fingerprint density at radius 2 is 1.62 bits per heavy atom. The van der Waals surface area contributed by atoms with Crippen LogP contribution in [0.5, 0.6) is 0 Å². The summed E-state index contributed by atoms with van der Waals surface area (Å²) in [4.78, 5) is 39.4. The number of rotatable bonds is 6. The van der Waals surface area contributed by atoms with E-state index in [4.69, 9.17) is 9.47 Å². The second-order valence-electron chi connectivity index (χ2n) is 17.9. The standard InChI is InChI=1S/C39H63NO5/c1-23(2)22-28(33(42)44-11)40-34(43)39-19-14-24(3)25(4)32(39)27-12-13-30-36(8)17-16-31(45-26(5)41)35(6,7)29(36)15-18-38(30,10)37(27,9)20-21-39/h12,23-25,28-32H,13-22H2,1-11H3,(H,40,43)/t24-,25+,28?,29+,30-,31+,32+,36+,37-,38-,39+/m1/s1. The molecule has 11 atom stereocenters. The average Bonchev–Trinajstić information content (AvgIpc) is 2.95. The van der Waals surface area contributed by atoms with Crippen LogP contribution < -0.4 is 5.32 Å². The molecule has 0 aliphatic heterocycles. The maximum Gasteiger partial charge on any atom is 0.328 e. The molecule has 1 amide bonds. The van der Waals surface area contributed by atoms with E-state index in [-0.39, 0.29) is 57.4 Å². The van der Waals surface area contributed by atoms with Crippen LogP contribution in [0.4, 0.5) is 0 Å². The number of methoxy groups -OCH3 is 1. The van der Waals surface area contributed by atoms with Crippen LogP contribution in [-0.2, 0) is 23.9 Å². The zero-order valence-electron chi connectivity index (χ0n) is 30.3. The fourth-order valence-corrected chi connectivity index (χ4v) is 12.4. The van der Waals surface area contributed by atoms with Crippen LogP contribution in [0.1, 0.15) is 133 Å². The van der Waals surface area contributed by atoms with Crippen LogP contribution in [-0.4, -0.2) is 37.1 Å². The molecule has 6 heteroatoms. The highest BCUT2D eigenvalue weighted by Crippen LogP contribution is 2.75. The van der Waals surface area contributed by atoms with Crippen molar-refractivity contribution in [2.24, 2.45) is 62.6 Å². The van der Waals surface area contributed by atoms with Gasteiger partial charge < -0.3 is 14.8 Å². The fourth-order valence-electron chi connectivity index (χ4n) is 12.4. The second kappa shape index (κ2) is 11.7. The molecular formula is C39H63NO5. The molecule has 6 nitrogen and oxygen atoms in total. The summed E-state index contributed by atoms with van der Waals surface area (Å²) in [5.41, 5.74) is 1.29. The molecule has 0 radical (unpaired) electrons. The van der Waals surface area contributed by atoms with Crippen LogP contribution in [0.25, 0.3) is 0 Å². The molecule has 1 unspecified atom stereocenters. The van der Waals surface area contributed by atoms with E-state index in [1.54, 1.807) is 6.92 Å². The van der Waals surface area contributed by atoms with Crippen LogP contribution in [0.15, 0.2) is 11.6 Å². The Kier molecular flexibility index (Phi) is 8.96. The van der Waals surface area contributed by atoms with Crippen molar-refractivity contribution in [3.63, 3.8) is 0 Å². The van der Waals surface area contributed by atoms with Crippen molar-refractivity contribution < 1.29 is 23.9 Å². The predicted octanol–water partition coefficient (Wildman–Crippen LogP) is 8.28. The van der Waals surface area contributed by atoms with Crippen LogP contribution in [0.3, 0.4) is 0 Å². The third-order valence-corrected chi connectivity index (χ3v) is 15.2. The molecule has 1 N–H and O–H groups in total. The van der Waals surface area contributed by atoms with Crippen LogP contribution >= 0.6 is 0 Å². The van der Waals surface area contributed by atoms with Gasteiger partial charge in [0.25, 0.3) is 0 Å². The maximum absolute atomic E-state index is 14.6. The summed E-state index contributed by atoms with van der Waals surface area (Å²) in [5.74, 6) is 1.99. The minimum Gasteiger partial charge on any atom is -0.467 e. The highest BCUT2D eigenvalue weighted by Gasteiger charge is 2.69. The number of hydrogen-bond donors (Lipinski definition) is 1. The number of carbonyl (C=O) groups excluding carboxylic acids is 3. The molecule has 4 fully saturated rings. The molecule has 0 aromatic heterocycles. The maximum atomic E-state index is 14.6. The van der Waals surface area contributed by atoms with Crippen molar-refractivity contribution in [1.29, 1.82) is 0 Å². The van der Waals surface area contributed by atoms with Crippen LogP contribution in [0.2, 0.25) is 0 Å². The Hall–Kier alpha value is -1.85. The zero-order chi connectivity index (χ0) is 33.3. The largest absolute Gasteiger partial charge is 0.467 e. The molecule has 5 rings (SSSR count). The van der Waals surface area contributed by atoms with E-state index in [2.05, 4.69) is 73.7 Å². The van der Waals surface area contributed by atoms with E-state index >= 15 is 0 Å². The quantitative estimate of drug-likeness (QED) is 0.237. The van der Waals surface area contributed by atoms with Gasteiger partial charge in [-0.2, -0.15) is 0 Å². The molecule has 0 spiro atoms. The molecule has 0 bridgehead atoms. The van der Waals surface area contributed by atoms with Gasteiger partial charge in [0.2, 0.25) is 5.91 Å². The monoisotopic (exact) mass is 625 g/mol. The molecule has 45 heavy (non-hydrogen) atoms. The van der Waals surface area contributed by atoms with Crippen LogP contribution in [0, 0.1) is 62.6 Å². The lowest BCUT2D eigenvalue weighted by Gasteiger charge is -2.71. The topological polar surface area (TPSA) is 81.7 Å². The Balaban J connectivity index is 1.52. The SMILES string of the molecule is COC(=O)C(CC(C)C)NC(=O)[C@]12CC[C@@H](C)[C@H](C)[C@H]1C1=CC[C@@H]3[C@@]4(C)CC[C@H](OC(C)=O)C(C)(C)[C@@H]4CC[C@@]3(C)[C@]1(C)CC2. The number of esters is 2. The summed E-state index contributed by atoms with van der Waals surface area (Å²) in [6.45, 7) is 22.9. The summed E-state index contributed by atoms with van der Waals surface area (Å²) in [6, 6.07) is -0.608. The summed E-state index contributed by atoms with van der Waals surface area (Å²) < 4.78 is 11.1. The van der Waals surface area contributed by atoms with Crippen molar-refractivity contribution in [3.8, 4) is 0 Å². The number of amides is 1. The molecule has 0 aromatic rings. The van der Waals surface area contributed by atoms with E-state index in [1.165, 1.54) is 12.7 Å². The van der Waals surface area contributed by atoms with Gasteiger partial charge in [0, 0.05) is 12.3 Å². The summed E-state index contributed by atoms with van der Waals surface area (Å²) in [6.07, 6.45) is 12.3. The van der Waals surface area contributed by atoms with Crippen molar-refractivity contribution in [3.05, 3.63) is 11.6 Å². The Morgan fingerprint density at radius 3 is 2.24 bits per heavy atom. The number of carbonyl (C=O) groups is 3. The molecule has 5 aliphatic rings. The van der Waals surface area contributed by atoms with Gasteiger partial charge in [-0.25, -0.2) is 4.79 Å². The predicted molar refractivity (Wildman–Crippen MR) is 178 cm³/mol. The highest BCUT2D eigenvalue weighted by molar-refractivity contribution is 5.89. The minimum atomic E-state index is -0.608. The smallest absolute Gasteiger partial charge is 0.328 e. The van der Waals surface area contributed by atoms with Gasteiger partial charge in [-0.3, -0.25) is 9.59 Å². The molecule has 5 aliphatic carbocycles. The normalized spacial score (nSPS) is 44.2. The molecule has 254 valence electrons. The third-order valence-electron chi connectivity index (χ3n) is 15.2. The number of ether oxygens (including phenoxy) is 2. The Bertz CT molecular complexity index is 1220. The van der Waals surface area contributed by atoms with Gasteiger partial charge in [0.1, 0.15) is 12.1 Å². The van der Waals surface area contributed by atoms with Gasteiger partial charge in [0.05, 0.1) is 12.5 Å². The van der Waals surface area contributed by atoms with Gasteiger partial charge in [-0.05, 0) is 116 Å². The average molecular weight is 626 g/mol. The molecule has 0 heterocycles. The van der Waals surface area contributed by atoms with Crippen molar-refractivity contribution in [2.75, 3.05) is 7.11 Å². The van der Waals surface area contributed by atoms with E-state index in [1.807, 2.05) is 0 Å². The lowest BCUT2D eigenvalue weighted by molar-refractivity contribution is -0.212. The first kappa shape index (κ1) is 34.5. The number of allylic oxidation sites excluding steroid dienone is 2. The van der Waals surface area contributed by atoms with E-state index in [0.29, 0.717) is 30.1 Å². The van der Waals surface area contributed by atoms with Crippen molar-refractivity contribution >= 4 is 17.8 Å². The lowest BCUT2D eigenvalue weighted by atomic mass is 9.33. The van der Waals surface area contributed by atoms with Gasteiger partial charge >= 0.3 is 11.9 Å². The van der Waals surface area contributed by atoms with E-state index < -0.39 is 11.5 Å². The van der Waals surface area contributed by atoms with E-state index in [9.17, 15) is 14.4 Å². The van der Waals surface area contributed by atoms with Gasteiger partial charge in [-0.1, -0.05) is 74.0 Å². The molecule has 4 saturated carbocycles. The van der Waals surface area contributed by atoms with Gasteiger partial charge in [-0.15, -0.1) is 0 Å². The third kappa shape index (κ3) is 5.12. The fraction of sp³-hybridized carbons (Fsp3) is 0.872. The number of hydrogen-bond acceptors (Lipinski definition) is 5. The molecular weight excluding hydrogens is 562 g/mol. The number of nitrogens with one attached hydrogen (secondary N) is 1. The summed E-state index contributed by atoms with van der Waals surface area (Å²) >= 11 is 0. The minimum absolute atomic E-state index is 0.0141. The van der Waals surface area contributed by atoms with E-state index in [0.717, 1.165) is 57.8 Å². The summed E-state index contributed by atoms with van der Waals surface area (Å²) in [5, 5.41) is 3.26. The first-order chi connectivity index (χ1) is 20.9. The first-order valence-electron chi connectivity index (χ1n) is 18.2. The molecule has 0 saturated heterocycles. The Labute approximate surface area is 273 Å². The summed E-state index contributed by atoms with van der Waals surface area (Å²) in [7, 11) is 1.42. The highest BCUT2D eigenvalue weighted by atomic mass is 16.5. The van der Waals surface area contributed by atoms with Crippen molar-refractivity contribution in [2.45, 2.75) is 146 Å². The second-order valence-corrected chi connectivity index (χ2v) is 17.9. The van der Waals surface area contributed by atoms with Gasteiger partial charge in [0.15, 0.2) is 0 Å². The Morgan fingerprint density at radius 1 is 0.933 bits per heavy atom. The number of fused-ring (bicyclic) bond motifs is 7. The van der Waals surface area contributed by atoms with Crippen molar-refractivity contribution in [1.82, 2.24) is 5.32 Å².